The van der Waals surface area contributed by atoms with E-state index >= 15 is 0 Å². The Bertz CT molecular complexity index is 446. The molecule has 1 aromatic carbocycles. The zero-order valence-electron chi connectivity index (χ0n) is 13.1. The quantitative estimate of drug-likeness (QED) is 0.431. The van der Waals surface area contributed by atoms with E-state index in [0.29, 0.717) is 42.7 Å². The molecule has 5 nitrogen and oxygen atoms in total. The van der Waals surface area contributed by atoms with Gasteiger partial charge in [0.25, 0.3) is 0 Å². The molecule has 0 saturated heterocycles. The van der Waals surface area contributed by atoms with Gasteiger partial charge in [-0.2, -0.15) is 0 Å². The molecule has 0 heterocycles. The summed E-state index contributed by atoms with van der Waals surface area (Å²) in [5.41, 5.74) is 6.60. The van der Waals surface area contributed by atoms with Gasteiger partial charge in [0.15, 0.2) is 0 Å². The molecule has 0 aliphatic rings. The first-order valence-corrected chi connectivity index (χ1v) is 7.31. The fraction of sp³-hybridized carbons (Fsp3) is 0.562. The van der Waals surface area contributed by atoms with Crippen LogP contribution in [0.2, 0.25) is 0 Å². The zero-order chi connectivity index (χ0) is 15.7. The number of esters is 1. The Labute approximate surface area is 126 Å². The van der Waals surface area contributed by atoms with Crippen molar-refractivity contribution in [2.75, 3.05) is 32.2 Å². The molecular weight excluding hydrogens is 270 g/mol. The molecule has 2 N–H and O–H groups in total. The van der Waals surface area contributed by atoms with Crippen LogP contribution in [0.5, 0.6) is 5.75 Å². The van der Waals surface area contributed by atoms with Gasteiger partial charge in [0.05, 0.1) is 18.8 Å². The second-order valence-electron chi connectivity index (χ2n) is 5.15. The van der Waals surface area contributed by atoms with E-state index in [-0.39, 0.29) is 6.61 Å². The highest BCUT2D eigenvalue weighted by atomic mass is 16.6. The molecule has 5 heteroatoms. The molecule has 0 aromatic heterocycles. The van der Waals surface area contributed by atoms with Crippen molar-refractivity contribution in [1.29, 1.82) is 0 Å². The summed E-state index contributed by atoms with van der Waals surface area (Å²) in [6.45, 7) is 7.98. The third-order valence-corrected chi connectivity index (χ3v) is 2.78. The minimum atomic E-state index is -0.421. The van der Waals surface area contributed by atoms with Crippen LogP contribution in [0.15, 0.2) is 18.2 Å². The van der Waals surface area contributed by atoms with Crippen molar-refractivity contribution in [2.45, 2.75) is 27.2 Å². The number of anilines is 1. The van der Waals surface area contributed by atoms with Crippen LogP contribution in [0.25, 0.3) is 0 Å². The smallest absolute Gasteiger partial charge is 0.338 e. The van der Waals surface area contributed by atoms with Crippen molar-refractivity contribution in [3.63, 3.8) is 0 Å². The first kappa shape index (κ1) is 17.3. The zero-order valence-corrected chi connectivity index (χ0v) is 13.1. The normalized spacial score (nSPS) is 10.7. The van der Waals surface area contributed by atoms with Crippen molar-refractivity contribution < 1.29 is 19.0 Å². The molecule has 0 atom stereocenters. The number of carbonyl (C=O) groups is 1. The van der Waals surface area contributed by atoms with Crippen molar-refractivity contribution >= 4 is 11.7 Å². The number of carbonyl (C=O) groups excluding carboxylic acids is 1. The highest BCUT2D eigenvalue weighted by molar-refractivity contribution is 5.91. The van der Waals surface area contributed by atoms with Gasteiger partial charge in [0.1, 0.15) is 12.4 Å². The average Bonchev–Trinajstić information content (AvgIpc) is 2.41. The van der Waals surface area contributed by atoms with Crippen molar-refractivity contribution in [3.8, 4) is 5.75 Å². The van der Waals surface area contributed by atoms with Crippen molar-refractivity contribution in [1.82, 2.24) is 0 Å². The molecule has 0 amide bonds. The van der Waals surface area contributed by atoms with E-state index in [4.69, 9.17) is 19.9 Å². The van der Waals surface area contributed by atoms with E-state index < -0.39 is 5.97 Å². The fourth-order valence-electron chi connectivity index (χ4n) is 1.69. The Hall–Kier alpha value is -1.75. The molecule has 0 unspecified atom stereocenters. The maximum Gasteiger partial charge on any atom is 0.338 e. The summed E-state index contributed by atoms with van der Waals surface area (Å²) < 4.78 is 15.9. The minimum Gasteiger partial charge on any atom is -0.494 e. The van der Waals surface area contributed by atoms with Gasteiger partial charge in [0.2, 0.25) is 0 Å². The molecule has 0 fully saturated rings. The largest absolute Gasteiger partial charge is 0.494 e. The molecular formula is C16H25NO4. The topological polar surface area (TPSA) is 70.8 Å². The Morgan fingerprint density at radius 2 is 1.95 bits per heavy atom. The highest BCUT2D eigenvalue weighted by Gasteiger charge is 2.10. The van der Waals surface area contributed by atoms with Crippen LogP contribution in [0.1, 0.15) is 37.6 Å². The SMILES string of the molecule is CCOc1cc(N)cc(C(=O)OCCOCCC(C)C)c1. The number of nitrogens with two attached hydrogens (primary N) is 1. The average molecular weight is 295 g/mol. The van der Waals surface area contributed by atoms with Gasteiger partial charge >= 0.3 is 5.97 Å². The number of hydrogen-bond acceptors (Lipinski definition) is 5. The second-order valence-corrected chi connectivity index (χ2v) is 5.15. The van der Waals surface area contributed by atoms with Crippen molar-refractivity contribution in [3.05, 3.63) is 23.8 Å². The summed E-state index contributed by atoms with van der Waals surface area (Å²) in [5.74, 6) is 0.755. The Morgan fingerprint density at radius 3 is 2.62 bits per heavy atom. The van der Waals surface area contributed by atoms with Gasteiger partial charge in [-0.3, -0.25) is 0 Å². The number of benzene rings is 1. The van der Waals surface area contributed by atoms with Crippen LogP contribution in [0.4, 0.5) is 5.69 Å². The number of nitrogen functional groups attached to an aromatic ring is 1. The molecule has 0 saturated carbocycles. The summed E-state index contributed by atoms with van der Waals surface area (Å²) in [6.07, 6.45) is 1.00. The standard InChI is InChI=1S/C16H25NO4/c1-4-20-15-10-13(9-14(17)11-15)16(18)21-8-7-19-6-5-12(2)3/h9-12H,4-8,17H2,1-3H3. The maximum absolute atomic E-state index is 11.9. The van der Waals surface area contributed by atoms with E-state index in [1.165, 1.54) is 0 Å². The third kappa shape index (κ3) is 6.99. The lowest BCUT2D eigenvalue weighted by molar-refractivity contribution is 0.0303. The van der Waals surface area contributed by atoms with Crippen LogP contribution < -0.4 is 10.5 Å². The van der Waals surface area contributed by atoms with Crippen LogP contribution >= 0.6 is 0 Å². The first-order valence-electron chi connectivity index (χ1n) is 7.31. The monoisotopic (exact) mass is 295 g/mol. The maximum atomic E-state index is 11.9. The van der Waals surface area contributed by atoms with E-state index in [1.54, 1.807) is 18.2 Å². The van der Waals surface area contributed by atoms with E-state index in [9.17, 15) is 4.79 Å². The van der Waals surface area contributed by atoms with Gasteiger partial charge in [0, 0.05) is 18.4 Å². The molecule has 0 radical (unpaired) electrons. The lowest BCUT2D eigenvalue weighted by Crippen LogP contribution is -2.12. The minimum absolute atomic E-state index is 0.232. The number of ether oxygens (including phenoxy) is 3. The highest BCUT2D eigenvalue weighted by Crippen LogP contribution is 2.19. The number of hydrogen-bond donors (Lipinski definition) is 1. The fourth-order valence-corrected chi connectivity index (χ4v) is 1.69. The van der Waals surface area contributed by atoms with Gasteiger partial charge in [-0.05, 0) is 31.4 Å². The van der Waals surface area contributed by atoms with Crippen LogP contribution in [-0.4, -0.2) is 32.4 Å². The number of rotatable bonds is 9. The van der Waals surface area contributed by atoms with Crippen LogP contribution in [-0.2, 0) is 9.47 Å². The molecule has 0 aliphatic heterocycles. The van der Waals surface area contributed by atoms with Gasteiger partial charge in [-0.1, -0.05) is 13.8 Å². The molecule has 0 bridgehead atoms. The van der Waals surface area contributed by atoms with Gasteiger partial charge in [-0.25, -0.2) is 4.79 Å². The van der Waals surface area contributed by atoms with Crippen molar-refractivity contribution in [2.24, 2.45) is 5.92 Å². The summed E-state index contributed by atoms with van der Waals surface area (Å²) >= 11 is 0. The molecule has 118 valence electrons. The second kappa shape index (κ2) is 9.23. The van der Waals surface area contributed by atoms with Gasteiger partial charge in [-0.15, -0.1) is 0 Å². The van der Waals surface area contributed by atoms with E-state index in [1.807, 2.05) is 6.92 Å². The molecule has 0 spiro atoms. The summed E-state index contributed by atoms with van der Waals surface area (Å²) in [4.78, 5) is 11.9. The summed E-state index contributed by atoms with van der Waals surface area (Å²) in [5, 5.41) is 0. The van der Waals surface area contributed by atoms with Crippen LogP contribution in [0.3, 0.4) is 0 Å². The van der Waals surface area contributed by atoms with Crippen LogP contribution in [0, 0.1) is 5.92 Å². The van der Waals surface area contributed by atoms with Gasteiger partial charge < -0.3 is 19.9 Å². The Balaban J connectivity index is 2.38. The third-order valence-electron chi connectivity index (χ3n) is 2.78. The van der Waals surface area contributed by atoms with E-state index in [2.05, 4.69) is 13.8 Å². The Morgan fingerprint density at radius 1 is 1.19 bits per heavy atom. The first-order chi connectivity index (χ1) is 10.0. The lowest BCUT2D eigenvalue weighted by atomic mass is 10.1. The summed E-state index contributed by atoms with van der Waals surface area (Å²) in [7, 11) is 0. The predicted molar refractivity (Wildman–Crippen MR) is 82.6 cm³/mol. The van der Waals surface area contributed by atoms with E-state index in [0.717, 1.165) is 6.42 Å². The molecule has 21 heavy (non-hydrogen) atoms. The summed E-state index contributed by atoms with van der Waals surface area (Å²) in [6, 6.07) is 4.88. The lowest BCUT2D eigenvalue weighted by Gasteiger charge is -2.09. The molecule has 1 aromatic rings. The molecule has 0 aliphatic carbocycles. The molecule has 1 rings (SSSR count). The predicted octanol–water partition coefficient (Wildman–Crippen LogP) is 2.89. The Kier molecular flexibility index (Phi) is 7.61.